The van der Waals surface area contributed by atoms with Crippen molar-refractivity contribution < 1.29 is 9.53 Å². The number of anilines is 2. The number of nitrogen functional groups attached to an aromatic ring is 1. The van der Waals surface area contributed by atoms with Gasteiger partial charge in [0.25, 0.3) is 0 Å². The van der Waals surface area contributed by atoms with E-state index in [0.717, 1.165) is 18.8 Å². The van der Waals surface area contributed by atoms with Crippen molar-refractivity contribution in [2.45, 2.75) is 39.7 Å². The van der Waals surface area contributed by atoms with Crippen molar-refractivity contribution in [3.8, 4) is 0 Å². The Morgan fingerprint density at radius 1 is 1.55 bits per heavy atom. The Bertz CT molecular complexity index is 490. The van der Waals surface area contributed by atoms with Gasteiger partial charge in [-0.2, -0.15) is 0 Å². The molecule has 2 N–H and O–H groups in total. The molecule has 2 heterocycles. The van der Waals surface area contributed by atoms with Gasteiger partial charge in [0.05, 0.1) is 24.1 Å². The standard InChI is InChI=1S/C15H23N3O2/c1-4-20-15(19)12-8-14(17-9-13(12)16)18-7-5-6-10(2)11(18)3/h8-11H,4-7,16H2,1-3H3. The van der Waals surface area contributed by atoms with Gasteiger partial charge in [-0.15, -0.1) is 0 Å². The van der Waals surface area contributed by atoms with Crippen molar-refractivity contribution >= 4 is 17.5 Å². The molecule has 0 amide bonds. The fourth-order valence-electron chi connectivity index (χ4n) is 2.66. The van der Waals surface area contributed by atoms with Gasteiger partial charge >= 0.3 is 5.97 Å². The zero-order chi connectivity index (χ0) is 14.7. The molecule has 2 unspecified atom stereocenters. The summed E-state index contributed by atoms with van der Waals surface area (Å²) < 4.78 is 5.03. The van der Waals surface area contributed by atoms with Gasteiger partial charge in [0.1, 0.15) is 5.82 Å². The van der Waals surface area contributed by atoms with Crippen LogP contribution in [0.2, 0.25) is 0 Å². The molecule has 1 aromatic heterocycles. The van der Waals surface area contributed by atoms with Gasteiger partial charge in [-0.3, -0.25) is 0 Å². The summed E-state index contributed by atoms with van der Waals surface area (Å²) in [7, 11) is 0. The molecule has 0 aliphatic carbocycles. The summed E-state index contributed by atoms with van der Waals surface area (Å²) in [5.74, 6) is 1.04. The Hall–Kier alpha value is -1.78. The lowest BCUT2D eigenvalue weighted by molar-refractivity contribution is 0.0527. The third-order valence-corrected chi connectivity index (χ3v) is 4.08. The second-order valence-electron chi connectivity index (χ2n) is 5.40. The topological polar surface area (TPSA) is 68.5 Å². The molecule has 0 radical (unpaired) electrons. The Labute approximate surface area is 120 Å². The van der Waals surface area contributed by atoms with Gasteiger partial charge in [0.15, 0.2) is 0 Å². The number of esters is 1. The van der Waals surface area contributed by atoms with Crippen LogP contribution in [0.3, 0.4) is 0 Å². The average molecular weight is 277 g/mol. The monoisotopic (exact) mass is 277 g/mol. The van der Waals surface area contributed by atoms with E-state index < -0.39 is 0 Å². The highest BCUT2D eigenvalue weighted by Gasteiger charge is 2.26. The maximum atomic E-state index is 11.9. The lowest BCUT2D eigenvalue weighted by Crippen LogP contribution is -2.43. The molecule has 0 bridgehead atoms. The van der Waals surface area contributed by atoms with Crippen LogP contribution in [0.15, 0.2) is 12.3 Å². The maximum Gasteiger partial charge on any atom is 0.340 e. The first-order valence-corrected chi connectivity index (χ1v) is 7.23. The van der Waals surface area contributed by atoms with Crippen molar-refractivity contribution in [3.05, 3.63) is 17.8 Å². The molecule has 1 aliphatic heterocycles. The summed E-state index contributed by atoms with van der Waals surface area (Å²) in [4.78, 5) is 18.5. The molecule has 1 fully saturated rings. The van der Waals surface area contributed by atoms with Crippen molar-refractivity contribution in [1.82, 2.24) is 4.98 Å². The first-order chi connectivity index (χ1) is 9.54. The molecule has 5 nitrogen and oxygen atoms in total. The Balaban J connectivity index is 2.28. The number of ether oxygens (including phenoxy) is 1. The molecule has 110 valence electrons. The Morgan fingerprint density at radius 2 is 2.30 bits per heavy atom. The van der Waals surface area contributed by atoms with Gasteiger partial charge in [-0.05, 0) is 38.7 Å². The van der Waals surface area contributed by atoms with E-state index in [1.165, 1.54) is 6.42 Å². The molecular formula is C15H23N3O2. The largest absolute Gasteiger partial charge is 0.462 e. The highest BCUT2D eigenvalue weighted by molar-refractivity contribution is 5.95. The van der Waals surface area contributed by atoms with E-state index in [-0.39, 0.29) is 5.97 Å². The predicted octanol–water partition coefficient (Wildman–Crippen LogP) is 2.47. The van der Waals surface area contributed by atoms with E-state index in [0.29, 0.717) is 29.8 Å². The quantitative estimate of drug-likeness (QED) is 0.860. The summed E-state index contributed by atoms with van der Waals surface area (Å²) in [6.45, 7) is 7.54. The number of hydrogen-bond acceptors (Lipinski definition) is 5. The normalized spacial score (nSPS) is 22.6. The lowest BCUT2D eigenvalue weighted by atomic mass is 9.92. The zero-order valence-electron chi connectivity index (χ0n) is 12.4. The zero-order valence-corrected chi connectivity index (χ0v) is 12.4. The number of pyridine rings is 1. The molecular weight excluding hydrogens is 254 g/mol. The van der Waals surface area contributed by atoms with Crippen LogP contribution in [0.25, 0.3) is 0 Å². The van der Waals surface area contributed by atoms with Gasteiger partial charge in [-0.1, -0.05) is 6.92 Å². The maximum absolute atomic E-state index is 11.9. The molecule has 2 rings (SSSR count). The Morgan fingerprint density at radius 3 is 3.00 bits per heavy atom. The van der Waals surface area contributed by atoms with E-state index in [1.54, 1.807) is 19.2 Å². The van der Waals surface area contributed by atoms with E-state index in [2.05, 4.69) is 23.7 Å². The lowest BCUT2D eigenvalue weighted by Gasteiger charge is -2.38. The second kappa shape index (κ2) is 6.11. The number of carbonyl (C=O) groups excluding carboxylic acids is 1. The molecule has 1 aromatic rings. The number of rotatable bonds is 3. The van der Waals surface area contributed by atoms with Crippen LogP contribution in [0, 0.1) is 5.92 Å². The highest BCUT2D eigenvalue weighted by atomic mass is 16.5. The number of carbonyl (C=O) groups is 1. The smallest absolute Gasteiger partial charge is 0.340 e. The molecule has 5 heteroatoms. The third kappa shape index (κ3) is 2.86. The van der Waals surface area contributed by atoms with Crippen molar-refractivity contribution in [1.29, 1.82) is 0 Å². The highest BCUT2D eigenvalue weighted by Crippen LogP contribution is 2.28. The number of nitrogens with zero attached hydrogens (tertiary/aromatic N) is 2. The van der Waals surface area contributed by atoms with Gasteiger partial charge in [-0.25, -0.2) is 9.78 Å². The first-order valence-electron chi connectivity index (χ1n) is 7.23. The van der Waals surface area contributed by atoms with Crippen LogP contribution >= 0.6 is 0 Å². The summed E-state index contributed by atoms with van der Waals surface area (Å²) in [6.07, 6.45) is 3.93. The summed E-state index contributed by atoms with van der Waals surface area (Å²) >= 11 is 0. The predicted molar refractivity (Wildman–Crippen MR) is 79.8 cm³/mol. The molecule has 2 atom stereocenters. The van der Waals surface area contributed by atoms with E-state index in [1.807, 2.05) is 0 Å². The molecule has 0 saturated carbocycles. The van der Waals surface area contributed by atoms with E-state index in [4.69, 9.17) is 10.5 Å². The molecule has 1 saturated heterocycles. The minimum absolute atomic E-state index is 0.340. The van der Waals surface area contributed by atoms with Crippen LogP contribution in [0.5, 0.6) is 0 Å². The first kappa shape index (κ1) is 14.6. The summed E-state index contributed by atoms with van der Waals surface area (Å²) in [5, 5.41) is 0. The molecule has 0 aromatic carbocycles. The van der Waals surface area contributed by atoms with Gasteiger partial charge < -0.3 is 15.4 Å². The van der Waals surface area contributed by atoms with Crippen LogP contribution in [-0.2, 0) is 4.74 Å². The molecule has 1 aliphatic rings. The van der Waals surface area contributed by atoms with E-state index in [9.17, 15) is 4.79 Å². The average Bonchev–Trinajstić information content (AvgIpc) is 2.43. The fourth-order valence-corrected chi connectivity index (χ4v) is 2.66. The van der Waals surface area contributed by atoms with E-state index >= 15 is 0 Å². The number of hydrogen-bond donors (Lipinski definition) is 1. The van der Waals surface area contributed by atoms with Crippen LogP contribution < -0.4 is 10.6 Å². The molecule has 20 heavy (non-hydrogen) atoms. The second-order valence-corrected chi connectivity index (χ2v) is 5.40. The van der Waals surface area contributed by atoms with Crippen LogP contribution in [-0.4, -0.2) is 30.1 Å². The SMILES string of the molecule is CCOC(=O)c1cc(N2CCCC(C)C2C)ncc1N. The number of piperidine rings is 1. The number of nitrogens with two attached hydrogens (primary N) is 1. The third-order valence-electron chi connectivity index (χ3n) is 4.08. The summed E-state index contributed by atoms with van der Waals surface area (Å²) in [6, 6.07) is 2.16. The van der Waals surface area contributed by atoms with Gasteiger partial charge in [0, 0.05) is 12.6 Å². The van der Waals surface area contributed by atoms with Gasteiger partial charge in [0.2, 0.25) is 0 Å². The van der Waals surface area contributed by atoms with Crippen molar-refractivity contribution in [2.75, 3.05) is 23.8 Å². The van der Waals surface area contributed by atoms with Crippen molar-refractivity contribution in [2.24, 2.45) is 5.92 Å². The Kier molecular flexibility index (Phi) is 4.47. The van der Waals surface area contributed by atoms with Crippen molar-refractivity contribution in [3.63, 3.8) is 0 Å². The molecule has 0 spiro atoms. The van der Waals surface area contributed by atoms with Crippen LogP contribution in [0.1, 0.15) is 44.0 Å². The minimum Gasteiger partial charge on any atom is -0.462 e. The fraction of sp³-hybridized carbons (Fsp3) is 0.600. The summed E-state index contributed by atoms with van der Waals surface area (Å²) in [5.41, 5.74) is 6.60. The minimum atomic E-state index is -0.383. The number of aromatic nitrogens is 1. The van der Waals surface area contributed by atoms with Crippen LogP contribution in [0.4, 0.5) is 11.5 Å².